The number of carbonyl (C=O) groups is 2. The zero-order chi connectivity index (χ0) is 24.4. The summed E-state index contributed by atoms with van der Waals surface area (Å²) >= 11 is 0. The molecule has 5 rings (SSSR count). The Labute approximate surface area is 207 Å². The summed E-state index contributed by atoms with van der Waals surface area (Å²) in [6.45, 7) is 3.26. The molecule has 5 nitrogen and oxygen atoms in total. The van der Waals surface area contributed by atoms with Crippen molar-refractivity contribution in [2.24, 2.45) is 0 Å². The SMILES string of the molecule is CCOc1ccc(C2C3=C(CCCC3=O)N(CCc3ccccc3)C3=C2C(=O)CCC3)cc1OC. The van der Waals surface area contributed by atoms with E-state index in [1.807, 2.05) is 31.2 Å². The molecule has 0 saturated heterocycles. The van der Waals surface area contributed by atoms with E-state index in [0.29, 0.717) is 30.9 Å². The van der Waals surface area contributed by atoms with Crippen LogP contribution in [0, 0.1) is 0 Å². The van der Waals surface area contributed by atoms with Gasteiger partial charge in [0.25, 0.3) is 0 Å². The van der Waals surface area contributed by atoms with Gasteiger partial charge in [-0.05, 0) is 62.3 Å². The van der Waals surface area contributed by atoms with E-state index in [1.165, 1.54) is 5.56 Å². The van der Waals surface area contributed by atoms with Crippen LogP contribution in [0.2, 0.25) is 0 Å². The van der Waals surface area contributed by atoms with Crippen LogP contribution < -0.4 is 9.47 Å². The van der Waals surface area contributed by atoms with E-state index < -0.39 is 0 Å². The zero-order valence-electron chi connectivity index (χ0n) is 20.6. The van der Waals surface area contributed by atoms with E-state index in [1.54, 1.807) is 7.11 Å². The molecule has 2 aromatic rings. The van der Waals surface area contributed by atoms with Crippen molar-refractivity contribution in [2.45, 2.75) is 57.8 Å². The van der Waals surface area contributed by atoms with Gasteiger partial charge in [-0.1, -0.05) is 36.4 Å². The number of ketones is 2. The third-order valence-electron chi connectivity index (χ3n) is 7.37. The Bertz CT molecular complexity index is 1150. The lowest BCUT2D eigenvalue weighted by Crippen LogP contribution is -2.39. The van der Waals surface area contributed by atoms with Crippen LogP contribution in [0.25, 0.3) is 0 Å². The third kappa shape index (κ3) is 4.40. The van der Waals surface area contributed by atoms with Crippen molar-refractivity contribution >= 4 is 11.6 Å². The molecule has 1 aliphatic heterocycles. The number of nitrogens with zero attached hydrogens (tertiary/aromatic N) is 1. The van der Waals surface area contributed by atoms with Gasteiger partial charge in [0.2, 0.25) is 0 Å². The second kappa shape index (κ2) is 10.1. The van der Waals surface area contributed by atoms with E-state index in [0.717, 1.165) is 66.8 Å². The van der Waals surface area contributed by atoms with E-state index in [4.69, 9.17) is 9.47 Å². The summed E-state index contributed by atoms with van der Waals surface area (Å²) < 4.78 is 11.4. The van der Waals surface area contributed by atoms with Crippen molar-refractivity contribution in [1.82, 2.24) is 4.90 Å². The molecule has 35 heavy (non-hydrogen) atoms. The van der Waals surface area contributed by atoms with Crippen LogP contribution in [0.3, 0.4) is 0 Å². The molecule has 0 atom stereocenters. The smallest absolute Gasteiger partial charge is 0.161 e. The summed E-state index contributed by atoms with van der Waals surface area (Å²) in [5.74, 6) is 1.30. The number of allylic oxidation sites excluding steroid dienone is 4. The first-order chi connectivity index (χ1) is 17.1. The number of hydrogen-bond donors (Lipinski definition) is 0. The summed E-state index contributed by atoms with van der Waals surface area (Å²) in [6.07, 6.45) is 5.39. The van der Waals surface area contributed by atoms with Crippen molar-refractivity contribution in [3.63, 3.8) is 0 Å². The predicted molar refractivity (Wildman–Crippen MR) is 136 cm³/mol. The number of Topliss-reactive ketones (excluding diaryl/α,β-unsaturated/α-hetero) is 2. The van der Waals surface area contributed by atoms with Gasteiger partial charge in [-0.25, -0.2) is 0 Å². The first kappa shape index (κ1) is 23.4. The molecule has 3 aliphatic rings. The van der Waals surface area contributed by atoms with E-state index in [-0.39, 0.29) is 17.5 Å². The Hall–Kier alpha value is -3.34. The Morgan fingerprint density at radius 1 is 0.857 bits per heavy atom. The van der Waals surface area contributed by atoms with Gasteiger partial charge in [0.15, 0.2) is 23.1 Å². The monoisotopic (exact) mass is 471 g/mol. The standard InChI is InChI=1S/C30H33NO4/c1-3-35-26-16-15-21(19-27(26)34-2)28-29-22(11-7-13-24(29)32)31(18-17-20-9-5-4-6-10-20)23-12-8-14-25(33)30(23)28/h4-6,9-10,15-16,19,28H,3,7-8,11-14,17-18H2,1-2H3. The van der Waals surface area contributed by atoms with Crippen molar-refractivity contribution in [1.29, 1.82) is 0 Å². The highest BCUT2D eigenvalue weighted by Gasteiger charge is 2.43. The van der Waals surface area contributed by atoms with Crippen molar-refractivity contribution in [3.8, 4) is 11.5 Å². The zero-order valence-corrected chi connectivity index (χ0v) is 20.6. The van der Waals surface area contributed by atoms with Crippen LogP contribution in [0.15, 0.2) is 71.1 Å². The summed E-state index contributed by atoms with van der Waals surface area (Å²) in [6, 6.07) is 16.3. The maximum atomic E-state index is 13.5. The molecular weight excluding hydrogens is 438 g/mol. The maximum absolute atomic E-state index is 13.5. The number of ether oxygens (including phenoxy) is 2. The Balaban J connectivity index is 1.62. The maximum Gasteiger partial charge on any atom is 0.161 e. The quantitative estimate of drug-likeness (QED) is 0.515. The largest absolute Gasteiger partial charge is 0.493 e. The Morgan fingerprint density at radius 3 is 2.11 bits per heavy atom. The third-order valence-corrected chi connectivity index (χ3v) is 7.37. The summed E-state index contributed by atoms with van der Waals surface area (Å²) in [5.41, 5.74) is 6.04. The molecule has 182 valence electrons. The second-order valence-corrected chi connectivity index (χ2v) is 9.44. The lowest BCUT2D eigenvalue weighted by atomic mass is 9.71. The number of rotatable bonds is 7. The molecule has 0 radical (unpaired) electrons. The van der Waals surface area contributed by atoms with Crippen molar-refractivity contribution < 1.29 is 19.1 Å². The van der Waals surface area contributed by atoms with Gasteiger partial charge in [0, 0.05) is 47.8 Å². The minimum Gasteiger partial charge on any atom is -0.493 e. The second-order valence-electron chi connectivity index (χ2n) is 9.44. The average Bonchev–Trinajstić information content (AvgIpc) is 2.88. The molecule has 0 saturated carbocycles. The molecule has 0 N–H and O–H groups in total. The van der Waals surface area contributed by atoms with Crippen LogP contribution in [0.5, 0.6) is 11.5 Å². The molecule has 5 heteroatoms. The predicted octanol–water partition coefficient (Wildman–Crippen LogP) is 5.75. The number of benzene rings is 2. The number of methoxy groups -OCH3 is 1. The van der Waals surface area contributed by atoms with Crippen LogP contribution in [0.1, 0.15) is 62.5 Å². The Morgan fingerprint density at radius 2 is 1.51 bits per heavy atom. The molecule has 2 aromatic carbocycles. The fraction of sp³-hybridized carbons (Fsp3) is 0.400. The fourth-order valence-corrected chi connectivity index (χ4v) is 5.84. The topological polar surface area (TPSA) is 55.8 Å². The summed E-state index contributed by atoms with van der Waals surface area (Å²) in [7, 11) is 1.63. The van der Waals surface area contributed by atoms with E-state index in [9.17, 15) is 9.59 Å². The molecule has 1 heterocycles. The van der Waals surface area contributed by atoms with Gasteiger partial charge in [-0.2, -0.15) is 0 Å². The first-order valence-electron chi connectivity index (χ1n) is 12.8. The minimum atomic E-state index is -0.335. The number of hydrogen-bond acceptors (Lipinski definition) is 5. The van der Waals surface area contributed by atoms with Crippen LogP contribution in [-0.2, 0) is 16.0 Å². The summed E-state index contributed by atoms with van der Waals surface area (Å²) in [4.78, 5) is 29.3. The highest BCUT2D eigenvalue weighted by Crippen LogP contribution is 2.50. The normalized spacial score (nSPS) is 18.5. The molecule has 0 fully saturated rings. The van der Waals surface area contributed by atoms with Crippen LogP contribution in [-0.4, -0.2) is 36.7 Å². The fourth-order valence-electron chi connectivity index (χ4n) is 5.84. The molecule has 0 aromatic heterocycles. The summed E-state index contributed by atoms with van der Waals surface area (Å²) in [5, 5.41) is 0. The van der Waals surface area contributed by atoms with E-state index in [2.05, 4.69) is 29.2 Å². The Kier molecular flexibility index (Phi) is 6.76. The van der Waals surface area contributed by atoms with Gasteiger partial charge >= 0.3 is 0 Å². The molecule has 0 unspecified atom stereocenters. The van der Waals surface area contributed by atoms with Crippen molar-refractivity contribution in [2.75, 3.05) is 20.3 Å². The molecular formula is C30H33NO4. The van der Waals surface area contributed by atoms with E-state index >= 15 is 0 Å². The van der Waals surface area contributed by atoms with Crippen molar-refractivity contribution in [3.05, 3.63) is 82.2 Å². The first-order valence-corrected chi connectivity index (χ1v) is 12.8. The lowest BCUT2D eigenvalue weighted by Gasteiger charge is -2.44. The van der Waals surface area contributed by atoms with Crippen LogP contribution >= 0.6 is 0 Å². The highest BCUT2D eigenvalue weighted by molar-refractivity contribution is 6.06. The molecule has 2 aliphatic carbocycles. The minimum absolute atomic E-state index is 0.165. The van der Waals surface area contributed by atoms with Gasteiger partial charge in [0.05, 0.1) is 13.7 Å². The number of carbonyl (C=O) groups excluding carboxylic acids is 2. The van der Waals surface area contributed by atoms with Crippen LogP contribution in [0.4, 0.5) is 0 Å². The lowest BCUT2D eigenvalue weighted by molar-refractivity contribution is -0.117. The molecule has 0 amide bonds. The molecule has 0 bridgehead atoms. The van der Waals surface area contributed by atoms with Gasteiger partial charge in [-0.15, -0.1) is 0 Å². The molecule has 0 spiro atoms. The van der Waals surface area contributed by atoms with Gasteiger partial charge < -0.3 is 14.4 Å². The van der Waals surface area contributed by atoms with Gasteiger partial charge in [-0.3, -0.25) is 9.59 Å². The average molecular weight is 472 g/mol. The van der Waals surface area contributed by atoms with Gasteiger partial charge in [0.1, 0.15) is 0 Å². The highest BCUT2D eigenvalue weighted by atomic mass is 16.5.